The lowest BCUT2D eigenvalue weighted by Gasteiger charge is -2.31. The third kappa shape index (κ3) is 2.22. The SMILES string of the molecule is C1CCCN2CCCC(CC1)C2. The van der Waals surface area contributed by atoms with Crippen LogP contribution in [-0.2, 0) is 0 Å². The fourth-order valence-corrected chi connectivity index (χ4v) is 2.71. The van der Waals surface area contributed by atoms with Gasteiger partial charge in [0, 0.05) is 6.54 Å². The summed E-state index contributed by atoms with van der Waals surface area (Å²) in [6.07, 6.45) is 10.4. The zero-order valence-electron chi connectivity index (χ0n) is 8.10. The monoisotopic (exact) mass is 167 g/mol. The summed E-state index contributed by atoms with van der Waals surface area (Å²) in [4.78, 5) is 2.69. The van der Waals surface area contributed by atoms with Crippen molar-refractivity contribution in [2.24, 2.45) is 5.92 Å². The molecule has 12 heavy (non-hydrogen) atoms. The van der Waals surface area contributed by atoms with Crippen LogP contribution in [0.2, 0.25) is 0 Å². The van der Waals surface area contributed by atoms with E-state index in [0.29, 0.717) is 0 Å². The number of hydrogen-bond acceptors (Lipinski definition) is 1. The highest BCUT2D eigenvalue weighted by molar-refractivity contribution is 4.74. The average molecular weight is 167 g/mol. The Balaban J connectivity index is 1.88. The largest absolute Gasteiger partial charge is 0.303 e. The predicted octanol–water partition coefficient (Wildman–Crippen LogP) is 2.66. The maximum absolute atomic E-state index is 2.69. The van der Waals surface area contributed by atoms with Gasteiger partial charge in [0.2, 0.25) is 0 Å². The van der Waals surface area contributed by atoms with Crippen molar-refractivity contribution in [2.75, 3.05) is 19.6 Å². The molecule has 0 aromatic carbocycles. The van der Waals surface area contributed by atoms with Gasteiger partial charge in [0.1, 0.15) is 0 Å². The van der Waals surface area contributed by atoms with E-state index in [4.69, 9.17) is 0 Å². The topological polar surface area (TPSA) is 3.24 Å². The van der Waals surface area contributed by atoms with Gasteiger partial charge in [0.25, 0.3) is 0 Å². The number of piperidine rings is 1. The molecule has 70 valence electrons. The zero-order valence-corrected chi connectivity index (χ0v) is 8.10. The Kier molecular flexibility index (Phi) is 3.04. The molecule has 0 N–H and O–H groups in total. The Morgan fingerprint density at radius 1 is 0.750 bits per heavy atom. The van der Waals surface area contributed by atoms with E-state index in [1.54, 1.807) is 0 Å². The first-order valence-electron chi connectivity index (χ1n) is 5.67. The summed E-state index contributed by atoms with van der Waals surface area (Å²) in [5, 5.41) is 0. The summed E-state index contributed by atoms with van der Waals surface area (Å²) in [5.74, 6) is 1.05. The molecule has 0 spiro atoms. The molecule has 1 nitrogen and oxygen atoms in total. The molecule has 2 heterocycles. The standard InChI is InChI=1S/C11H21N/c1-2-4-8-12-9-5-7-11(10-12)6-3-1/h11H,1-10H2. The van der Waals surface area contributed by atoms with E-state index in [1.807, 2.05) is 0 Å². The maximum atomic E-state index is 2.69. The summed E-state index contributed by atoms with van der Waals surface area (Å²) in [6.45, 7) is 4.19. The minimum atomic E-state index is 1.05. The van der Waals surface area contributed by atoms with Crippen molar-refractivity contribution in [3.63, 3.8) is 0 Å². The quantitative estimate of drug-likeness (QED) is 0.536. The zero-order chi connectivity index (χ0) is 8.23. The van der Waals surface area contributed by atoms with Crippen LogP contribution in [0.1, 0.15) is 44.9 Å². The van der Waals surface area contributed by atoms with Gasteiger partial charge in [-0.2, -0.15) is 0 Å². The second-order valence-corrected chi connectivity index (χ2v) is 4.51. The Hall–Kier alpha value is -0.0400. The molecular formula is C11H21N. The van der Waals surface area contributed by atoms with Gasteiger partial charge in [0.15, 0.2) is 0 Å². The summed E-state index contributed by atoms with van der Waals surface area (Å²) in [6, 6.07) is 0. The first-order valence-corrected chi connectivity index (χ1v) is 5.67. The van der Waals surface area contributed by atoms with Crippen LogP contribution in [0.3, 0.4) is 0 Å². The van der Waals surface area contributed by atoms with Gasteiger partial charge in [-0.1, -0.05) is 19.3 Å². The van der Waals surface area contributed by atoms with Gasteiger partial charge in [-0.15, -0.1) is 0 Å². The van der Waals surface area contributed by atoms with Crippen molar-refractivity contribution in [3.05, 3.63) is 0 Å². The van der Waals surface area contributed by atoms with Crippen LogP contribution in [0.5, 0.6) is 0 Å². The third-order valence-corrected chi connectivity index (χ3v) is 3.44. The van der Waals surface area contributed by atoms with Crippen LogP contribution in [0.15, 0.2) is 0 Å². The molecule has 2 aliphatic rings. The lowest BCUT2D eigenvalue weighted by molar-refractivity contribution is 0.172. The molecule has 2 fully saturated rings. The summed E-state index contributed by atoms with van der Waals surface area (Å²) >= 11 is 0. The highest BCUT2D eigenvalue weighted by Crippen LogP contribution is 2.24. The van der Waals surface area contributed by atoms with Gasteiger partial charge < -0.3 is 4.90 Å². The molecule has 2 saturated heterocycles. The molecule has 2 bridgehead atoms. The van der Waals surface area contributed by atoms with E-state index >= 15 is 0 Å². The van der Waals surface area contributed by atoms with Crippen molar-refractivity contribution in [3.8, 4) is 0 Å². The minimum absolute atomic E-state index is 1.05. The van der Waals surface area contributed by atoms with Crippen molar-refractivity contribution in [2.45, 2.75) is 44.9 Å². The molecule has 2 rings (SSSR count). The normalized spacial score (nSPS) is 38.0. The number of nitrogens with zero attached hydrogens (tertiary/aromatic N) is 1. The molecule has 2 aliphatic heterocycles. The van der Waals surface area contributed by atoms with E-state index < -0.39 is 0 Å². The van der Waals surface area contributed by atoms with Crippen LogP contribution in [-0.4, -0.2) is 24.5 Å². The Morgan fingerprint density at radius 3 is 2.50 bits per heavy atom. The van der Waals surface area contributed by atoms with Gasteiger partial charge in [-0.05, 0) is 44.7 Å². The smallest absolute Gasteiger partial charge is 0.000966 e. The molecule has 0 radical (unpaired) electrons. The fraction of sp³-hybridized carbons (Fsp3) is 1.00. The number of hydrogen-bond donors (Lipinski definition) is 0. The molecule has 0 saturated carbocycles. The van der Waals surface area contributed by atoms with Gasteiger partial charge in [0.05, 0.1) is 0 Å². The Bertz CT molecular complexity index is 119. The molecule has 0 aromatic heterocycles. The van der Waals surface area contributed by atoms with E-state index in [2.05, 4.69) is 4.90 Å². The minimum Gasteiger partial charge on any atom is -0.303 e. The first-order chi connectivity index (χ1) is 5.95. The highest BCUT2D eigenvalue weighted by Gasteiger charge is 2.19. The van der Waals surface area contributed by atoms with Crippen LogP contribution < -0.4 is 0 Å². The van der Waals surface area contributed by atoms with E-state index in [0.717, 1.165) is 5.92 Å². The first kappa shape index (κ1) is 8.55. The summed E-state index contributed by atoms with van der Waals surface area (Å²) in [5.41, 5.74) is 0. The van der Waals surface area contributed by atoms with Crippen LogP contribution >= 0.6 is 0 Å². The Labute approximate surface area is 76.1 Å². The molecule has 2 atom stereocenters. The molecular weight excluding hydrogens is 146 g/mol. The van der Waals surface area contributed by atoms with E-state index in [-0.39, 0.29) is 0 Å². The Morgan fingerprint density at radius 2 is 1.50 bits per heavy atom. The molecule has 1 heteroatoms. The fourth-order valence-electron chi connectivity index (χ4n) is 2.71. The van der Waals surface area contributed by atoms with Crippen LogP contribution in [0.25, 0.3) is 0 Å². The molecule has 0 amide bonds. The number of rotatable bonds is 0. The van der Waals surface area contributed by atoms with Crippen molar-refractivity contribution >= 4 is 0 Å². The van der Waals surface area contributed by atoms with Gasteiger partial charge in [-0.25, -0.2) is 0 Å². The van der Waals surface area contributed by atoms with Crippen molar-refractivity contribution in [1.82, 2.24) is 4.90 Å². The highest BCUT2D eigenvalue weighted by atomic mass is 15.1. The van der Waals surface area contributed by atoms with Crippen molar-refractivity contribution in [1.29, 1.82) is 0 Å². The second-order valence-electron chi connectivity index (χ2n) is 4.51. The summed E-state index contributed by atoms with van der Waals surface area (Å²) < 4.78 is 0. The average Bonchev–Trinajstić information content (AvgIpc) is 2.17. The molecule has 0 aromatic rings. The molecule has 2 unspecified atom stereocenters. The van der Waals surface area contributed by atoms with E-state index in [9.17, 15) is 0 Å². The van der Waals surface area contributed by atoms with Crippen LogP contribution in [0, 0.1) is 5.92 Å². The third-order valence-electron chi connectivity index (χ3n) is 3.44. The maximum Gasteiger partial charge on any atom is 0.000966 e. The second kappa shape index (κ2) is 4.27. The summed E-state index contributed by atoms with van der Waals surface area (Å²) in [7, 11) is 0. The predicted molar refractivity (Wildman–Crippen MR) is 52.2 cm³/mol. The van der Waals surface area contributed by atoms with Gasteiger partial charge >= 0.3 is 0 Å². The lowest BCUT2D eigenvalue weighted by atomic mass is 9.93. The van der Waals surface area contributed by atoms with Gasteiger partial charge in [-0.3, -0.25) is 0 Å². The van der Waals surface area contributed by atoms with Crippen molar-refractivity contribution < 1.29 is 0 Å². The van der Waals surface area contributed by atoms with Crippen LogP contribution in [0.4, 0.5) is 0 Å². The molecule has 0 aliphatic carbocycles. The number of fused-ring (bicyclic) bond motifs is 2. The van der Waals surface area contributed by atoms with E-state index in [1.165, 1.54) is 64.6 Å². The lowest BCUT2D eigenvalue weighted by Crippen LogP contribution is -2.35.